The normalized spacial score (nSPS) is 17.4. The molecule has 3 N–H and O–H groups in total. The fourth-order valence-corrected chi connectivity index (χ4v) is 2.94. The Morgan fingerprint density at radius 3 is 2.38 bits per heavy atom. The minimum Gasteiger partial charge on any atom is -0.354 e. The third-order valence-electron chi connectivity index (χ3n) is 4.20. The molecule has 1 aromatic carbocycles. The number of hydrogen-bond donors (Lipinski definition) is 2. The second-order valence-electron chi connectivity index (χ2n) is 5.88. The monoisotopic (exact) mass is 310 g/mol. The van der Waals surface area contributed by atoms with Gasteiger partial charge in [0.15, 0.2) is 0 Å². The summed E-state index contributed by atoms with van der Waals surface area (Å²) >= 11 is 0. The van der Waals surface area contributed by atoms with E-state index < -0.39 is 0 Å². The summed E-state index contributed by atoms with van der Waals surface area (Å²) in [5.74, 6) is 0.730. The number of rotatable bonds is 5. The van der Waals surface area contributed by atoms with Crippen LogP contribution < -0.4 is 11.1 Å². The maximum atomic E-state index is 12.0. The lowest BCUT2D eigenvalue weighted by Gasteiger charge is -2.16. The average Bonchev–Trinajstić information content (AvgIpc) is 2.74. The van der Waals surface area contributed by atoms with Gasteiger partial charge in [0, 0.05) is 19.0 Å². The van der Waals surface area contributed by atoms with Crippen LogP contribution in [0.25, 0.3) is 0 Å². The molecule has 0 spiro atoms. The van der Waals surface area contributed by atoms with Gasteiger partial charge in [-0.1, -0.05) is 56.0 Å². The van der Waals surface area contributed by atoms with E-state index in [-0.39, 0.29) is 24.4 Å². The van der Waals surface area contributed by atoms with Gasteiger partial charge in [-0.05, 0) is 24.3 Å². The van der Waals surface area contributed by atoms with E-state index in [1.165, 1.54) is 38.5 Å². The van der Waals surface area contributed by atoms with E-state index in [2.05, 4.69) is 5.32 Å². The quantitative estimate of drug-likeness (QED) is 0.817. The van der Waals surface area contributed by atoms with E-state index in [1.54, 1.807) is 0 Å². The Morgan fingerprint density at radius 1 is 1.14 bits per heavy atom. The van der Waals surface area contributed by atoms with Gasteiger partial charge >= 0.3 is 0 Å². The van der Waals surface area contributed by atoms with Crippen molar-refractivity contribution in [1.82, 2.24) is 5.32 Å². The van der Waals surface area contributed by atoms with Gasteiger partial charge in [-0.2, -0.15) is 0 Å². The third kappa shape index (κ3) is 6.49. The maximum absolute atomic E-state index is 12.0. The predicted molar refractivity (Wildman–Crippen MR) is 89.4 cm³/mol. The number of halogens is 1. The molecule has 1 saturated carbocycles. The summed E-state index contributed by atoms with van der Waals surface area (Å²) in [5, 5.41) is 2.98. The van der Waals surface area contributed by atoms with Crippen LogP contribution in [0.1, 0.15) is 56.6 Å². The van der Waals surface area contributed by atoms with Gasteiger partial charge in [-0.15, -0.1) is 12.4 Å². The van der Waals surface area contributed by atoms with Gasteiger partial charge in [0.1, 0.15) is 0 Å². The minimum atomic E-state index is -0.116. The highest BCUT2D eigenvalue weighted by Gasteiger charge is 2.16. The van der Waals surface area contributed by atoms with Crippen molar-refractivity contribution in [2.45, 2.75) is 51.0 Å². The lowest BCUT2D eigenvalue weighted by atomic mass is 9.96. The van der Waals surface area contributed by atoms with Crippen molar-refractivity contribution < 1.29 is 4.79 Å². The molecule has 0 bridgehead atoms. The van der Waals surface area contributed by atoms with E-state index in [9.17, 15) is 4.79 Å². The Balaban J connectivity index is 0.00000220. The van der Waals surface area contributed by atoms with E-state index in [4.69, 9.17) is 5.73 Å². The van der Waals surface area contributed by atoms with Gasteiger partial charge in [-0.3, -0.25) is 4.79 Å². The Kier molecular flexibility index (Phi) is 8.40. The van der Waals surface area contributed by atoms with E-state index in [1.807, 2.05) is 30.3 Å². The van der Waals surface area contributed by atoms with Crippen LogP contribution in [-0.2, 0) is 4.79 Å². The van der Waals surface area contributed by atoms with Crippen LogP contribution in [-0.4, -0.2) is 12.5 Å². The minimum absolute atomic E-state index is 0. The number of nitrogens with one attached hydrogen (secondary N) is 1. The molecular weight excluding hydrogens is 284 g/mol. The Hall–Kier alpha value is -1.06. The van der Waals surface area contributed by atoms with Crippen molar-refractivity contribution in [3.63, 3.8) is 0 Å². The van der Waals surface area contributed by atoms with Crippen LogP contribution in [0.5, 0.6) is 0 Å². The third-order valence-corrected chi connectivity index (χ3v) is 4.20. The lowest BCUT2D eigenvalue weighted by Crippen LogP contribution is -2.32. The molecule has 1 aliphatic carbocycles. The van der Waals surface area contributed by atoms with Crippen molar-refractivity contribution in [3.8, 4) is 0 Å². The molecule has 2 rings (SSSR count). The molecule has 3 nitrogen and oxygen atoms in total. The molecule has 1 fully saturated rings. The van der Waals surface area contributed by atoms with Crippen molar-refractivity contribution >= 4 is 18.3 Å². The SMILES string of the molecule is Cl.NC(CNC(=O)CC1CCCCCC1)c1ccccc1. The van der Waals surface area contributed by atoms with Crippen molar-refractivity contribution in [3.05, 3.63) is 35.9 Å². The molecule has 0 radical (unpaired) electrons. The Bertz CT molecular complexity index is 403. The highest BCUT2D eigenvalue weighted by atomic mass is 35.5. The van der Waals surface area contributed by atoms with Gasteiger partial charge in [0.25, 0.3) is 0 Å². The first kappa shape index (κ1) is 18.0. The second-order valence-corrected chi connectivity index (χ2v) is 5.88. The molecule has 118 valence electrons. The molecule has 0 saturated heterocycles. The number of benzene rings is 1. The lowest BCUT2D eigenvalue weighted by molar-refractivity contribution is -0.122. The molecule has 0 heterocycles. The molecule has 4 heteroatoms. The van der Waals surface area contributed by atoms with Crippen molar-refractivity contribution in [2.75, 3.05) is 6.54 Å². The molecule has 1 atom stereocenters. The number of carbonyl (C=O) groups is 1. The van der Waals surface area contributed by atoms with Gasteiger partial charge < -0.3 is 11.1 Å². The maximum Gasteiger partial charge on any atom is 0.220 e. The molecule has 0 aromatic heterocycles. The summed E-state index contributed by atoms with van der Waals surface area (Å²) in [6.07, 6.45) is 8.30. The highest BCUT2D eigenvalue weighted by Crippen LogP contribution is 2.25. The summed E-state index contributed by atoms with van der Waals surface area (Å²) in [4.78, 5) is 12.0. The first-order valence-electron chi connectivity index (χ1n) is 7.83. The first-order valence-corrected chi connectivity index (χ1v) is 7.83. The molecular formula is C17H27ClN2O. The molecule has 0 aliphatic heterocycles. The van der Waals surface area contributed by atoms with E-state index in [0.29, 0.717) is 18.9 Å². The fraction of sp³-hybridized carbons (Fsp3) is 0.588. The zero-order chi connectivity index (χ0) is 14.2. The smallest absolute Gasteiger partial charge is 0.220 e. The topological polar surface area (TPSA) is 55.1 Å². The molecule has 1 aliphatic rings. The summed E-state index contributed by atoms with van der Waals surface area (Å²) in [5.41, 5.74) is 7.16. The van der Waals surface area contributed by atoms with Crippen LogP contribution in [0, 0.1) is 5.92 Å². The summed E-state index contributed by atoms with van der Waals surface area (Å²) in [7, 11) is 0. The second kappa shape index (κ2) is 9.80. The van der Waals surface area contributed by atoms with Gasteiger partial charge in [-0.25, -0.2) is 0 Å². The van der Waals surface area contributed by atoms with Crippen LogP contribution in [0.15, 0.2) is 30.3 Å². The Labute approximate surface area is 134 Å². The fourth-order valence-electron chi connectivity index (χ4n) is 2.94. The molecule has 1 amide bonds. The van der Waals surface area contributed by atoms with Crippen LogP contribution in [0.4, 0.5) is 0 Å². The summed E-state index contributed by atoms with van der Waals surface area (Å²) in [6, 6.07) is 9.81. The van der Waals surface area contributed by atoms with E-state index in [0.717, 1.165) is 5.56 Å². The Morgan fingerprint density at radius 2 is 1.76 bits per heavy atom. The zero-order valence-corrected chi connectivity index (χ0v) is 13.4. The van der Waals surface area contributed by atoms with Crippen molar-refractivity contribution in [2.24, 2.45) is 11.7 Å². The number of hydrogen-bond acceptors (Lipinski definition) is 2. The molecule has 21 heavy (non-hydrogen) atoms. The van der Waals surface area contributed by atoms with Crippen LogP contribution >= 0.6 is 12.4 Å². The average molecular weight is 311 g/mol. The van der Waals surface area contributed by atoms with Crippen LogP contribution in [0.3, 0.4) is 0 Å². The van der Waals surface area contributed by atoms with Crippen molar-refractivity contribution in [1.29, 1.82) is 0 Å². The first-order chi connectivity index (χ1) is 9.75. The molecule has 1 aromatic rings. The summed E-state index contributed by atoms with van der Waals surface area (Å²) in [6.45, 7) is 0.523. The predicted octanol–water partition coefficient (Wildman–Crippen LogP) is 3.58. The number of amides is 1. The number of nitrogens with two attached hydrogens (primary N) is 1. The van der Waals surface area contributed by atoms with Gasteiger partial charge in [0.2, 0.25) is 5.91 Å². The highest BCUT2D eigenvalue weighted by molar-refractivity contribution is 5.85. The van der Waals surface area contributed by atoms with Crippen LogP contribution in [0.2, 0.25) is 0 Å². The van der Waals surface area contributed by atoms with Gasteiger partial charge in [0.05, 0.1) is 0 Å². The van der Waals surface area contributed by atoms with E-state index >= 15 is 0 Å². The largest absolute Gasteiger partial charge is 0.354 e. The molecule has 1 unspecified atom stereocenters. The zero-order valence-electron chi connectivity index (χ0n) is 12.6. The standard InChI is InChI=1S/C17H26N2O.ClH/c18-16(15-10-6-3-7-11-15)13-19-17(20)12-14-8-4-1-2-5-9-14;/h3,6-7,10-11,14,16H,1-2,4-5,8-9,12-13,18H2,(H,19,20);1H. The number of carbonyl (C=O) groups excluding carboxylic acids is 1. The summed E-state index contributed by atoms with van der Waals surface area (Å²) < 4.78 is 0.